The standard InChI is InChI=1S/C20H20N4O3/c1-2-11-24(14-16-7-5-15(13-21)6-8-16)19(25)10-9-18-22-20(23-27-18)17-4-3-12-26-17/h3-8,12H,2,9-11,14H2,1H3. The van der Waals surface area contributed by atoms with Crippen molar-refractivity contribution in [3.8, 4) is 17.7 Å². The number of amides is 1. The molecule has 0 unspecified atom stereocenters. The molecule has 2 aromatic heterocycles. The largest absolute Gasteiger partial charge is 0.461 e. The summed E-state index contributed by atoms with van der Waals surface area (Å²) in [7, 11) is 0. The van der Waals surface area contributed by atoms with E-state index in [0.717, 1.165) is 12.0 Å². The number of nitrogens with zero attached hydrogens (tertiary/aromatic N) is 4. The van der Waals surface area contributed by atoms with Crippen molar-refractivity contribution < 1.29 is 13.7 Å². The quantitative estimate of drug-likeness (QED) is 0.606. The number of nitriles is 1. The van der Waals surface area contributed by atoms with Gasteiger partial charge in [0.1, 0.15) is 0 Å². The van der Waals surface area contributed by atoms with Gasteiger partial charge in [0, 0.05) is 25.9 Å². The maximum atomic E-state index is 12.6. The zero-order valence-electron chi connectivity index (χ0n) is 15.1. The predicted octanol–water partition coefficient (Wildman–Crippen LogP) is 3.57. The van der Waals surface area contributed by atoms with Gasteiger partial charge >= 0.3 is 0 Å². The number of rotatable bonds is 8. The van der Waals surface area contributed by atoms with E-state index in [1.807, 2.05) is 24.0 Å². The molecule has 7 nitrogen and oxygen atoms in total. The third-order valence-corrected chi connectivity index (χ3v) is 4.07. The van der Waals surface area contributed by atoms with Crippen LogP contribution in [0.15, 0.2) is 51.6 Å². The molecule has 0 aliphatic carbocycles. The Hall–Kier alpha value is -3.40. The van der Waals surface area contributed by atoms with Gasteiger partial charge in [-0.05, 0) is 36.2 Å². The van der Waals surface area contributed by atoms with Gasteiger partial charge < -0.3 is 13.8 Å². The fraction of sp³-hybridized carbons (Fsp3) is 0.300. The zero-order valence-corrected chi connectivity index (χ0v) is 15.1. The lowest BCUT2D eigenvalue weighted by molar-refractivity contribution is -0.131. The highest BCUT2D eigenvalue weighted by molar-refractivity contribution is 5.76. The molecule has 0 spiro atoms. The highest BCUT2D eigenvalue weighted by Crippen LogP contribution is 2.17. The average molecular weight is 364 g/mol. The Morgan fingerprint density at radius 3 is 2.74 bits per heavy atom. The van der Waals surface area contributed by atoms with E-state index in [4.69, 9.17) is 14.2 Å². The Bertz CT molecular complexity index is 908. The van der Waals surface area contributed by atoms with Crippen molar-refractivity contribution in [2.24, 2.45) is 0 Å². The number of carbonyl (C=O) groups is 1. The number of benzene rings is 1. The van der Waals surface area contributed by atoms with Gasteiger partial charge in [-0.2, -0.15) is 10.2 Å². The Morgan fingerprint density at radius 2 is 2.07 bits per heavy atom. The van der Waals surface area contributed by atoms with E-state index < -0.39 is 0 Å². The number of hydrogen-bond acceptors (Lipinski definition) is 6. The van der Waals surface area contributed by atoms with Crippen LogP contribution in [0.2, 0.25) is 0 Å². The van der Waals surface area contributed by atoms with Crippen LogP contribution in [0, 0.1) is 11.3 Å². The third kappa shape index (κ3) is 4.82. The van der Waals surface area contributed by atoms with E-state index in [9.17, 15) is 4.79 Å². The van der Waals surface area contributed by atoms with Crippen LogP contribution >= 0.6 is 0 Å². The minimum Gasteiger partial charge on any atom is -0.461 e. The van der Waals surface area contributed by atoms with Crippen LogP contribution in [0.1, 0.15) is 36.8 Å². The second-order valence-electron chi connectivity index (χ2n) is 6.11. The molecule has 0 aliphatic rings. The van der Waals surface area contributed by atoms with Crippen molar-refractivity contribution in [2.45, 2.75) is 32.7 Å². The van der Waals surface area contributed by atoms with Crippen LogP contribution in [0.3, 0.4) is 0 Å². The van der Waals surface area contributed by atoms with Gasteiger partial charge in [0.05, 0.1) is 17.9 Å². The molecule has 0 saturated carbocycles. The molecule has 138 valence electrons. The molecule has 3 rings (SSSR count). The smallest absolute Gasteiger partial charge is 0.238 e. The van der Waals surface area contributed by atoms with Crippen LogP contribution < -0.4 is 0 Å². The van der Waals surface area contributed by atoms with Gasteiger partial charge in [-0.15, -0.1) is 0 Å². The maximum Gasteiger partial charge on any atom is 0.238 e. The van der Waals surface area contributed by atoms with E-state index in [1.54, 1.807) is 30.5 Å². The fourth-order valence-corrected chi connectivity index (χ4v) is 2.70. The molecule has 0 saturated heterocycles. The molecule has 0 N–H and O–H groups in total. The number of aryl methyl sites for hydroxylation is 1. The van der Waals surface area contributed by atoms with Crippen molar-refractivity contribution >= 4 is 5.91 Å². The van der Waals surface area contributed by atoms with Gasteiger partial charge in [0.2, 0.25) is 17.6 Å². The molecule has 3 aromatic rings. The summed E-state index contributed by atoms with van der Waals surface area (Å²) < 4.78 is 10.4. The second kappa shape index (κ2) is 8.81. The monoisotopic (exact) mass is 364 g/mol. The van der Waals surface area contributed by atoms with Crippen LogP contribution in [0.5, 0.6) is 0 Å². The summed E-state index contributed by atoms with van der Waals surface area (Å²) in [5.74, 6) is 1.35. The molecule has 0 radical (unpaired) electrons. The van der Waals surface area contributed by atoms with Crippen molar-refractivity contribution in [1.29, 1.82) is 5.26 Å². The Labute approximate surface area is 157 Å². The van der Waals surface area contributed by atoms with E-state index in [0.29, 0.717) is 42.5 Å². The van der Waals surface area contributed by atoms with E-state index in [2.05, 4.69) is 16.2 Å². The molecular weight excluding hydrogens is 344 g/mol. The summed E-state index contributed by atoms with van der Waals surface area (Å²) in [6.07, 6.45) is 3.07. The van der Waals surface area contributed by atoms with Gasteiger partial charge in [-0.1, -0.05) is 24.2 Å². The first-order chi connectivity index (χ1) is 13.2. The highest BCUT2D eigenvalue weighted by atomic mass is 16.5. The third-order valence-electron chi connectivity index (χ3n) is 4.07. The second-order valence-corrected chi connectivity index (χ2v) is 6.11. The lowest BCUT2D eigenvalue weighted by Crippen LogP contribution is -2.31. The lowest BCUT2D eigenvalue weighted by Gasteiger charge is -2.22. The Balaban J connectivity index is 1.59. The fourth-order valence-electron chi connectivity index (χ4n) is 2.70. The number of furan rings is 1. The summed E-state index contributed by atoms with van der Waals surface area (Å²) in [4.78, 5) is 18.7. The van der Waals surface area contributed by atoms with E-state index in [-0.39, 0.29) is 12.3 Å². The molecule has 0 fully saturated rings. The summed E-state index contributed by atoms with van der Waals surface area (Å²) in [6.45, 7) is 3.22. The van der Waals surface area contributed by atoms with Crippen LogP contribution in [-0.2, 0) is 17.8 Å². The van der Waals surface area contributed by atoms with Crippen LogP contribution in [0.4, 0.5) is 0 Å². The molecule has 7 heteroatoms. The van der Waals surface area contributed by atoms with E-state index in [1.165, 1.54) is 0 Å². The lowest BCUT2D eigenvalue weighted by atomic mass is 10.1. The highest BCUT2D eigenvalue weighted by Gasteiger charge is 2.16. The van der Waals surface area contributed by atoms with Crippen LogP contribution in [-0.4, -0.2) is 27.5 Å². The number of aromatic nitrogens is 2. The minimum atomic E-state index is 0.0268. The Kier molecular flexibility index (Phi) is 6.00. The molecule has 0 aliphatic heterocycles. The number of carbonyl (C=O) groups excluding carboxylic acids is 1. The summed E-state index contributed by atoms with van der Waals surface area (Å²) in [5.41, 5.74) is 1.60. The van der Waals surface area contributed by atoms with Gasteiger partial charge in [-0.3, -0.25) is 4.79 Å². The summed E-state index contributed by atoms with van der Waals surface area (Å²) in [5, 5.41) is 12.8. The summed E-state index contributed by atoms with van der Waals surface area (Å²) >= 11 is 0. The van der Waals surface area contributed by atoms with Crippen LogP contribution in [0.25, 0.3) is 11.6 Å². The summed E-state index contributed by atoms with van der Waals surface area (Å²) in [6, 6.07) is 12.9. The SMILES string of the molecule is CCCN(Cc1ccc(C#N)cc1)C(=O)CCc1nc(-c2ccco2)no1. The molecule has 2 heterocycles. The average Bonchev–Trinajstić information content (AvgIpc) is 3.38. The van der Waals surface area contributed by atoms with Crippen molar-refractivity contribution in [1.82, 2.24) is 15.0 Å². The van der Waals surface area contributed by atoms with Gasteiger partial charge in [-0.25, -0.2) is 0 Å². The molecule has 27 heavy (non-hydrogen) atoms. The normalized spacial score (nSPS) is 10.5. The molecular formula is C20H20N4O3. The van der Waals surface area contributed by atoms with Gasteiger partial charge in [0.15, 0.2) is 5.76 Å². The number of hydrogen-bond donors (Lipinski definition) is 0. The van der Waals surface area contributed by atoms with E-state index >= 15 is 0 Å². The Morgan fingerprint density at radius 1 is 1.26 bits per heavy atom. The topological polar surface area (TPSA) is 96.2 Å². The first-order valence-electron chi connectivity index (χ1n) is 8.83. The maximum absolute atomic E-state index is 12.6. The van der Waals surface area contributed by atoms with Crippen molar-refractivity contribution in [3.05, 3.63) is 59.7 Å². The predicted molar refractivity (Wildman–Crippen MR) is 97.2 cm³/mol. The van der Waals surface area contributed by atoms with Gasteiger partial charge in [0.25, 0.3) is 0 Å². The first kappa shape index (κ1) is 18.4. The first-order valence-corrected chi connectivity index (χ1v) is 8.83. The minimum absolute atomic E-state index is 0.0268. The van der Waals surface area contributed by atoms with Crippen molar-refractivity contribution in [2.75, 3.05) is 6.54 Å². The van der Waals surface area contributed by atoms with Crippen molar-refractivity contribution in [3.63, 3.8) is 0 Å². The zero-order chi connectivity index (χ0) is 19.1. The molecule has 1 aromatic carbocycles. The molecule has 0 atom stereocenters. The molecule has 1 amide bonds. The molecule has 0 bridgehead atoms.